The number of hydrogen-bond donors (Lipinski definition) is 0. The van der Waals surface area contributed by atoms with Crippen LogP contribution in [0, 0.1) is 6.92 Å². The first-order chi connectivity index (χ1) is 8.54. The smallest absolute Gasteiger partial charge is 0.157 e. The Hall–Kier alpha value is -1.01. The Labute approximate surface area is 119 Å². The van der Waals surface area contributed by atoms with E-state index in [0.29, 0.717) is 9.76 Å². The van der Waals surface area contributed by atoms with E-state index in [4.69, 9.17) is 11.6 Å². The van der Waals surface area contributed by atoms with Gasteiger partial charge in [0.05, 0.1) is 5.69 Å². The highest BCUT2D eigenvalue weighted by Gasteiger charge is 2.18. The van der Waals surface area contributed by atoms with Crippen LogP contribution >= 0.6 is 27.5 Å². The maximum Gasteiger partial charge on any atom is 0.157 e. The minimum Gasteiger partial charge on any atom is -0.245 e. The zero-order valence-corrected chi connectivity index (χ0v) is 12.7. The molecule has 0 aliphatic carbocycles. The molecule has 0 spiro atoms. The van der Waals surface area contributed by atoms with E-state index < -0.39 is 0 Å². The maximum atomic E-state index is 6.16. The molecular formula is C11H13BrClN5. The molecule has 0 aliphatic rings. The van der Waals surface area contributed by atoms with Gasteiger partial charge in [0.25, 0.3) is 0 Å². The van der Waals surface area contributed by atoms with Crippen LogP contribution in [0.1, 0.15) is 24.7 Å². The van der Waals surface area contributed by atoms with Gasteiger partial charge in [-0.3, -0.25) is 0 Å². The minimum absolute atomic E-state index is 0.483. The Morgan fingerprint density at radius 1 is 1.33 bits per heavy atom. The number of halogens is 2. The Kier molecular flexibility index (Phi) is 3.97. The molecule has 0 amide bonds. The van der Waals surface area contributed by atoms with Crippen LogP contribution in [-0.4, -0.2) is 25.0 Å². The lowest BCUT2D eigenvalue weighted by Gasteiger charge is -2.09. The van der Waals surface area contributed by atoms with Gasteiger partial charge in [-0.05, 0) is 29.3 Å². The molecule has 7 heteroatoms. The SMILES string of the molecule is CCCc1nc(Cl)c(C)c(-c2c(Br)nnn2C)n1. The van der Waals surface area contributed by atoms with E-state index >= 15 is 0 Å². The van der Waals surface area contributed by atoms with E-state index in [-0.39, 0.29) is 0 Å². The second kappa shape index (κ2) is 5.32. The normalized spacial score (nSPS) is 10.9. The lowest BCUT2D eigenvalue weighted by Crippen LogP contribution is -2.04. The number of rotatable bonds is 3. The second-order valence-electron chi connectivity index (χ2n) is 4.01. The molecular weight excluding hydrogens is 318 g/mol. The van der Waals surface area contributed by atoms with Crippen molar-refractivity contribution in [3.63, 3.8) is 0 Å². The molecule has 0 aliphatic heterocycles. The summed E-state index contributed by atoms with van der Waals surface area (Å²) in [5, 5.41) is 8.40. The summed E-state index contributed by atoms with van der Waals surface area (Å²) in [4.78, 5) is 8.84. The van der Waals surface area contributed by atoms with Crippen molar-refractivity contribution in [1.82, 2.24) is 25.0 Å². The summed E-state index contributed by atoms with van der Waals surface area (Å²) in [5.41, 5.74) is 2.43. The van der Waals surface area contributed by atoms with Crippen molar-refractivity contribution in [3.05, 3.63) is 21.1 Å². The molecule has 2 heterocycles. The molecule has 0 bridgehead atoms. The molecule has 0 fully saturated rings. The fourth-order valence-corrected chi connectivity index (χ4v) is 2.38. The van der Waals surface area contributed by atoms with Gasteiger partial charge >= 0.3 is 0 Å². The molecule has 0 saturated carbocycles. The second-order valence-corrected chi connectivity index (χ2v) is 5.12. The van der Waals surface area contributed by atoms with Crippen molar-refractivity contribution in [2.45, 2.75) is 26.7 Å². The fraction of sp³-hybridized carbons (Fsp3) is 0.455. The zero-order chi connectivity index (χ0) is 13.3. The summed E-state index contributed by atoms with van der Waals surface area (Å²) in [7, 11) is 1.82. The van der Waals surface area contributed by atoms with Crippen LogP contribution in [0.5, 0.6) is 0 Å². The van der Waals surface area contributed by atoms with Crippen LogP contribution in [0.25, 0.3) is 11.4 Å². The molecule has 18 heavy (non-hydrogen) atoms. The van der Waals surface area contributed by atoms with E-state index in [9.17, 15) is 0 Å². The minimum atomic E-state index is 0.483. The van der Waals surface area contributed by atoms with E-state index in [0.717, 1.165) is 35.6 Å². The molecule has 0 atom stereocenters. The first-order valence-electron chi connectivity index (χ1n) is 5.63. The van der Waals surface area contributed by atoms with Crippen LogP contribution < -0.4 is 0 Å². The molecule has 5 nitrogen and oxygen atoms in total. The maximum absolute atomic E-state index is 6.16. The van der Waals surface area contributed by atoms with Gasteiger partial charge in [-0.1, -0.05) is 23.7 Å². The highest BCUT2D eigenvalue weighted by Crippen LogP contribution is 2.29. The largest absolute Gasteiger partial charge is 0.245 e. The number of hydrogen-bond acceptors (Lipinski definition) is 4. The van der Waals surface area contributed by atoms with Crippen LogP contribution in [0.2, 0.25) is 5.15 Å². The predicted octanol–water partition coefficient (Wildman–Crippen LogP) is 2.95. The zero-order valence-electron chi connectivity index (χ0n) is 10.4. The van der Waals surface area contributed by atoms with Gasteiger partial charge in [0.15, 0.2) is 4.60 Å². The van der Waals surface area contributed by atoms with Crippen molar-refractivity contribution in [2.24, 2.45) is 7.05 Å². The highest BCUT2D eigenvalue weighted by atomic mass is 79.9. The van der Waals surface area contributed by atoms with E-state index in [1.54, 1.807) is 4.68 Å². The predicted molar refractivity (Wildman–Crippen MR) is 73.5 cm³/mol. The van der Waals surface area contributed by atoms with Crippen LogP contribution in [-0.2, 0) is 13.5 Å². The molecule has 0 saturated heterocycles. The quantitative estimate of drug-likeness (QED) is 0.812. The van der Waals surface area contributed by atoms with Gasteiger partial charge < -0.3 is 0 Å². The number of aryl methyl sites for hydroxylation is 2. The molecule has 0 N–H and O–H groups in total. The fourth-order valence-electron chi connectivity index (χ4n) is 1.68. The molecule has 0 unspecified atom stereocenters. The average Bonchev–Trinajstić information content (AvgIpc) is 2.64. The van der Waals surface area contributed by atoms with Gasteiger partial charge in [-0.25, -0.2) is 14.6 Å². The van der Waals surface area contributed by atoms with E-state index in [1.165, 1.54) is 0 Å². The first-order valence-corrected chi connectivity index (χ1v) is 6.80. The third-order valence-corrected chi connectivity index (χ3v) is 3.52. The Morgan fingerprint density at radius 3 is 2.61 bits per heavy atom. The highest BCUT2D eigenvalue weighted by molar-refractivity contribution is 9.10. The van der Waals surface area contributed by atoms with Crippen LogP contribution in [0.4, 0.5) is 0 Å². The van der Waals surface area contributed by atoms with Crippen molar-refractivity contribution in [2.75, 3.05) is 0 Å². The van der Waals surface area contributed by atoms with Crippen molar-refractivity contribution < 1.29 is 0 Å². The third kappa shape index (κ3) is 2.40. The first kappa shape index (κ1) is 13.4. The number of nitrogens with zero attached hydrogens (tertiary/aromatic N) is 5. The molecule has 2 aromatic heterocycles. The summed E-state index contributed by atoms with van der Waals surface area (Å²) >= 11 is 9.54. The standard InChI is InChI=1S/C11H13BrClN5/c1-4-5-7-14-8(6(2)11(13)15-7)9-10(12)16-17-18(9)3/h4-5H2,1-3H3. The van der Waals surface area contributed by atoms with Crippen molar-refractivity contribution in [3.8, 4) is 11.4 Å². The molecule has 2 rings (SSSR count). The summed E-state index contributed by atoms with van der Waals surface area (Å²) in [5.74, 6) is 0.746. The Balaban J connectivity index is 2.63. The lowest BCUT2D eigenvalue weighted by molar-refractivity contribution is 0.716. The summed E-state index contributed by atoms with van der Waals surface area (Å²) in [6.07, 6.45) is 1.78. The Morgan fingerprint density at radius 2 is 2.06 bits per heavy atom. The molecule has 96 valence electrons. The molecule has 0 radical (unpaired) electrons. The van der Waals surface area contributed by atoms with Crippen LogP contribution in [0.3, 0.4) is 0 Å². The van der Waals surface area contributed by atoms with E-state index in [1.807, 2.05) is 14.0 Å². The summed E-state index contributed by atoms with van der Waals surface area (Å²) in [6.45, 7) is 3.98. The average molecular weight is 331 g/mol. The van der Waals surface area contributed by atoms with E-state index in [2.05, 4.69) is 43.1 Å². The van der Waals surface area contributed by atoms with Gasteiger partial charge in [-0.15, -0.1) is 5.10 Å². The van der Waals surface area contributed by atoms with Crippen molar-refractivity contribution in [1.29, 1.82) is 0 Å². The van der Waals surface area contributed by atoms with Gasteiger partial charge in [0.1, 0.15) is 16.7 Å². The van der Waals surface area contributed by atoms with Gasteiger partial charge in [-0.2, -0.15) is 0 Å². The summed E-state index contributed by atoms with van der Waals surface area (Å²) < 4.78 is 2.33. The van der Waals surface area contributed by atoms with Crippen LogP contribution in [0.15, 0.2) is 4.60 Å². The molecule has 0 aromatic carbocycles. The summed E-state index contributed by atoms with van der Waals surface area (Å²) in [6, 6.07) is 0. The van der Waals surface area contributed by atoms with Crippen molar-refractivity contribution >= 4 is 27.5 Å². The topological polar surface area (TPSA) is 56.5 Å². The lowest BCUT2D eigenvalue weighted by atomic mass is 10.2. The van der Waals surface area contributed by atoms with Gasteiger partial charge in [0, 0.05) is 19.0 Å². The Bertz CT molecular complexity index is 562. The van der Waals surface area contributed by atoms with Gasteiger partial charge in [0.2, 0.25) is 0 Å². The monoisotopic (exact) mass is 329 g/mol. The third-order valence-electron chi connectivity index (χ3n) is 2.62. The molecule has 2 aromatic rings. The number of aromatic nitrogens is 5.